The van der Waals surface area contributed by atoms with Crippen molar-refractivity contribution in [2.24, 2.45) is 0 Å². The van der Waals surface area contributed by atoms with Crippen LogP contribution in [0.15, 0.2) is 48.7 Å². The predicted molar refractivity (Wildman–Crippen MR) is 64.2 cm³/mol. The Morgan fingerprint density at radius 3 is 2.62 bits per heavy atom. The molecule has 0 bridgehead atoms. The van der Waals surface area contributed by atoms with Gasteiger partial charge in [0.2, 0.25) is 0 Å². The van der Waals surface area contributed by atoms with Crippen LogP contribution in [0, 0.1) is 11.3 Å². The van der Waals surface area contributed by atoms with E-state index >= 15 is 0 Å². The van der Waals surface area contributed by atoms with Crippen LogP contribution in [0.2, 0.25) is 0 Å². The Kier molecular flexibility index (Phi) is 1.91. The molecule has 0 saturated heterocycles. The average Bonchev–Trinajstić information content (AvgIpc) is 2.66. The van der Waals surface area contributed by atoms with E-state index in [2.05, 4.69) is 28.7 Å². The highest BCUT2D eigenvalue weighted by Crippen LogP contribution is 2.26. The van der Waals surface area contributed by atoms with Gasteiger partial charge < -0.3 is 4.40 Å². The number of hydrogen-bond donors (Lipinski definition) is 0. The summed E-state index contributed by atoms with van der Waals surface area (Å²) in [6, 6.07) is 16.5. The van der Waals surface area contributed by atoms with Crippen molar-refractivity contribution in [1.82, 2.24) is 4.40 Å². The molecule has 0 N–H and O–H groups in total. The Balaban J connectivity index is 2.55. The molecular formula is C14H10N2. The molecule has 2 heteroatoms. The molecule has 16 heavy (non-hydrogen) atoms. The number of para-hydroxylation sites is 1. The van der Waals surface area contributed by atoms with E-state index in [-0.39, 0.29) is 0 Å². The summed E-state index contributed by atoms with van der Waals surface area (Å²) in [7, 11) is 0. The maximum Gasteiger partial charge on any atom is 0.0670 e. The van der Waals surface area contributed by atoms with Gasteiger partial charge in [0.05, 0.1) is 23.5 Å². The number of hydrogen-bond acceptors (Lipinski definition) is 1. The number of benzene rings is 1. The van der Waals surface area contributed by atoms with E-state index in [1.807, 2.05) is 30.5 Å². The zero-order chi connectivity index (χ0) is 11.0. The van der Waals surface area contributed by atoms with E-state index in [9.17, 15) is 0 Å². The highest BCUT2D eigenvalue weighted by atomic mass is 14.9. The Morgan fingerprint density at radius 1 is 1.00 bits per heavy atom. The van der Waals surface area contributed by atoms with Gasteiger partial charge in [0.15, 0.2) is 0 Å². The van der Waals surface area contributed by atoms with Crippen LogP contribution in [0.5, 0.6) is 0 Å². The first-order valence-corrected chi connectivity index (χ1v) is 5.25. The van der Waals surface area contributed by atoms with Gasteiger partial charge in [-0.15, -0.1) is 0 Å². The van der Waals surface area contributed by atoms with Gasteiger partial charge in [-0.05, 0) is 23.8 Å². The lowest BCUT2D eigenvalue weighted by Gasteiger charge is -1.95. The van der Waals surface area contributed by atoms with E-state index < -0.39 is 0 Å². The standard InChI is InChI=1S/C14H10N2/c15-9-8-12-11-5-1-2-6-13(11)16-10-4-3-7-14(12)16/h1-7,10H,8H2. The van der Waals surface area contributed by atoms with Crippen LogP contribution < -0.4 is 0 Å². The molecule has 2 heterocycles. The maximum atomic E-state index is 8.90. The van der Waals surface area contributed by atoms with Gasteiger partial charge in [-0.1, -0.05) is 24.3 Å². The summed E-state index contributed by atoms with van der Waals surface area (Å²) in [5, 5.41) is 10.1. The highest BCUT2D eigenvalue weighted by Gasteiger charge is 2.09. The zero-order valence-corrected chi connectivity index (χ0v) is 8.72. The van der Waals surface area contributed by atoms with Crippen LogP contribution >= 0.6 is 0 Å². The smallest absolute Gasteiger partial charge is 0.0670 e. The van der Waals surface area contributed by atoms with E-state index in [4.69, 9.17) is 5.26 Å². The van der Waals surface area contributed by atoms with Crippen molar-refractivity contribution in [2.75, 3.05) is 0 Å². The van der Waals surface area contributed by atoms with Gasteiger partial charge in [-0.25, -0.2) is 0 Å². The van der Waals surface area contributed by atoms with Gasteiger partial charge in [-0.2, -0.15) is 5.26 Å². The van der Waals surface area contributed by atoms with Crippen LogP contribution in [-0.2, 0) is 6.42 Å². The maximum absolute atomic E-state index is 8.90. The first kappa shape index (κ1) is 8.99. The fraction of sp³-hybridized carbons (Fsp3) is 0.0714. The molecule has 0 atom stereocenters. The third-order valence-electron chi connectivity index (χ3n) is 2.91. The first-order valence-electron chi connectivity index (χ1n) is 5.25. The van der Waals surface area contributed by atoms with Crippen molar-refractivity contribution in [1.29, 1.82) is 5.26 Å². The van der Waals surface area contributed by atoms with Crippen LogP contribution in [0.1, 0.15) is 5.56 Å². The minimum absolute atomic E-state index is 0.459. The SMILES string of the molecule is N#CCc1c2ccccc2n2ccccc12. The lowest BCUT2D eigenvalue weighted by atomic mass is 10.1. The summed E-state index contributed by atoms with van der Waals surface area (Å²) >= 11 is 0. The minimum atomic E-state index is 0.459. The van der Waals surface area contributed by atoms with Crippen molar-refractivity contribution >= 4 is 16.4 Å². The first-order chi connectivity index (χ1) is 7.92. The summed E-state index contributed by atoms with van der Waals surface area (Å²) in [5.74, 6) is 0. The average molecular weight is 206 g/mol. The van der Waals surface area contributed by atoms with Crippen molar-refractivity contribution < 1.29 is 0 Å². The summed E-state index contributed by atoms with van der Waals surface area (Å²) in [5.41, 5.74) is 3.42. The number of nitriles is 1. The summed E-state index contributed by atoms with van der Waals surface area (Å²) < 4.78 is 2.14. The molecule has 0 radical (unpaired) electrons. The van der Waals surface area contributed by atoms with Crippen LogP contribution in [0.25, 0.3) is 16.4 Å². The predicted octanol–water partition coefficient (Wildman–Crippen LogP) is 3.16. The van der Waals surface area contributed by atoms with Gasteiger partial charge in [-0.3, -0.25) is 0 Å². The second-order valence-electron chi connectivity index (χ2n) is 3.79. The second kappa shape index (κ2) is 3.39. The van der Waals surface area contributed by atoms with E-state index in [1.54, 1.807) is 0 Å². The number of fused-ring (bicyclic) bond motifs is 3. The molecule has 1 aromatic carbocycles. The summed E-state index contributed by atoms with van der Waals surface area (Å²) in [4.78, 5) is 0. The van der Waals surface area contributed by atoms with E-state index in [0.717, 1.165) is 11.1 Å². The third kappa shape index (κ3) is 1.12. The molecule has 3 rings (SSSR count). The Morgan fingerprint density at radius 2 is 1.75 bits per heavy atom. The summed E-state index contributed by atoms with van der Waals surface area (Å²) in [6.45, 7) is 0. The van der Waals surface area contributed by atoms with Crippen LogP contribution in [0.3, 0.4) is 0 Å². The number of aromatic nitrogens is 1. The summed E-state index contributed by atoms with van der Waals surface area (Å²) in [6.07, 6.45) is 2.50. The molecule has 2 nitrogen and oxygen atoms in total. The van der Waals surface area contributed by atoms with Crippen molar-refractivity contribution in [3.8, 4) is 6.07 Å². The zero-order valence-electron chi connectivity index (χ0n) is 8.72. The van der Waals surface area contributed by atoms with Crippen molar-refractivity contribution in [2.45, 2.75) is 6.42 Å². The largest absolute Gasteiger partial charge is 0.316 e. The van der Waals surface area contributed by atoms with Crippen molar-refractivity contribution in [3.63, 3.8) is 0 Å². The molecule has 2 aromatic heterocycles. The Labute approximate surface area is 93.4 Å². The molecule has 0 unspecified atom stereocenters. The normalized spacial score (nSPS) is 10.7. The van der Waals surface area contributed by atoms with Crippen molar-refractivity contribution in [3.05, 3.63) is 54.2 Å². The molecule has 0 amide bonds. The Bertz CT molecular complexity index is 648. The monoisotopic (exact) mass is 206 g/mol. The van der Waals surface area contributed by atoms with E-state index in [0.29, 0.717) is 6.42 Å². The van der Waals surface area contributed by atoms with E-state index in [1.165, 1.54) is 10.9 Å². The fourth-order valence-electron chi connectivity index (χ4n) is 2.24. The molecule has 0 aliphatic carbocycles. The second-order valence-corrected chi connectivity index (χ2v) is 3.79. The number of pyridine rings is 1. The van der Waals surface area contributed by atoms with Gasteiger partial charge >= 0.3 is 0 Å². The van der Waals surface area contributed by atoms with Gasteiger partial charge in [0.25, 0.3) is 0 Å². The van der Waals surface area contributed by atoms with Gasteiger partial charge in [0.1, 0.15) is 0 Å². The molecule has 3 aromatic rings. The molecule has 0 saturated carbocycles. The minimum Gasteiger partial charge on any atom is -0.316 e. The molecule has 0 aliphatic rings. The lowest BCUT2D eigenvalue weighted by molar-refractivity contribution is 1.23. The quantitative estimate of drug-likeness (QED) is 0.601. The molecule has 0 fully saturated rings. The van der Waals surface area contributed by atoms with Gasteiger partial charge in [0, 0.05) is 11.6 Å². The number of rotatable bonds is 1. The molecular weight excluding hydrogens is 196 g/mol. The van der Waals surface area contributed by atoms with Crippen LogP contribution in [0.4, 0.5) is 0 Å². The number of nitrogens with zero attached hydrogens (tertiary/aromatic N) is 2. The third-order valence-corrected chi connectivity index (χ3v) is 2.91. The molecule has 76 valence electrons. The topological polar surface area (TPSA) is 28.2 Å². The lowest BCUT2D eigenvalue weighted by Crippen LogP contribution is -1.83. The van der Waals surface area contributed by atoms with Crippen LogP contribution in [-0.4, -0.2) is 4.40 Å². The highest BCUT2D eigenvalue weighted by molar-refractivity contribution is 5.92. The Hall–Kier alpha value is -2.27. The molecule has 0 aliphatic heterocycles. The fourth-order valence-corrected chi connectivity index (χ4v) is 2.24. The molecule has 0 spiro atoms.